The van der Waals surface area contributed by atoms with E-state index in [1.165, 1.54) is 11.0 Å². The topological polar surface area (TPSA) is 66.8 Å². The van der Waals surface area contributed by atoms with E-state index >= 15 is 0 Å². The first kappa shape index (κ1) is 14.5. The minimum absolute atomic E-state index is 0.0469. The van der Waals surface area contributed by atoms with Gasteiger partial charge in [0.25, 0.3) is 11.1 Å². The highest BCUT2D eigenvalue weighted by atomic mass is 32.2. The van der Waals surface area contributed by atoms with Crippen molar-refractivity contribution in [2.45, 2.75) is 13.8 Å². The summed E-state index contributed by atoms with van der Waals surface area (Å²) in [5.41, 5.74) is 0.702. The summed E-state index contributed by atoms with van der Waals surface area (Å²) in [6, 6.07) is 4.80. The number of benzene rings is 1. The van der Waals surface area contributed by atoms with Gasteiger partial charge in [-0.2, -0.15) is 0 Å². The maximum absolute atomic E-state index is 12.0. The monoisotopic (exact) mass is 293 g/mol. The van der Waals surface area contributed by atoms with Gasteiger partial charge in [-0.3, -0.25) is 14.5 Å². The molecular weight excluding hydrogens is 278 g/mol. The molecule has 1 fully saturated rings. The van der Waals surface area contributed by atoms with Gasteiger partial charge in [-0.05, 0) is 49.4 Å². The molecular formula is C14H15NO4S. The van der Waals surface area contributed by atoms with Crippen LogP contribution in [-0.2, 0) is 4.79 Å². The summed E-state index contributed by atoms with van der Waals surface area (Å²) >= 11 is 0.920. The van der Waals surface area contributed by atoms with E-state index in [1.807, 2.05) is 6.92 Å². The Labute approximate surface area is 121 Å². The van der Waals surface area contributed by atoms with Crippen molar-refractivity contribution in [3.63, 3.8) is 0 Å². The average molecular weight is 293 g/mol. The van der Waals surface area contributed by atoms with E-state index in [9.17, 15) is 14.7 Å². The number of aromatic hydroxyl groups is 1. The predicted molar refractivity (Wildman–Crippen MR) is 77.6 cm³/mol. The molecule has 0 bridgehead atoms. The van der Waals surface area contributed by atoms with Gasteiger partial charge in [0.15, 0.2) is 11.5 Å². The molecule has 5 nitrogen and oxygen atoms in total. The number of nitrogens with zero attached hydrogens (tertiary/aromatic N) is 1. The van der Waals surface area contributed by atoms with Crippen LogP contribution in [0.15, 0.2) is 23.1 Å². The number of phenols is 1. The second kappa shape index (κ2) is 6.00. The SMILES string of the molecule is CCOc1cc(/C=C2/SC(=O)N(CC)C2=O)ccc1O. The molecule has 0 spiro atoms. The Bertz CT molecular complexity index is 583. The van der Waals surface area contributed by atoms with Crippen LogP contribution in [0.4, 0.5) is 4.79 Å². The molecule has 0 unspecified atom stereocenters. The van der Waals surface area contributed by atoms with Crippen LogP contribution in [0.1, 0.15) is 19.4 Å². The summed E-state index contributed by atoms with van der Waals surface area (Å²) in [7, 11) is 0. The van der Waals surface area contributed by atoms with Crippen LogP contribution in [0.5, 0.6) is 11.5 Å². The number of rotatable bonds is 4. The highest BCUT2D eigenvalue weighted by Crippen LogP contribution is 2.33. The molecule has 2 amide bonds. The van der Waals surface area contributed by atoms with Gasteiger partial charge in [-0.25, -0.2) is 0 Å². The van der Waals surface area contributed by atoms with Crippen LogP contribution in [0.2, 0.25) is 0 Å². The average Bonchev–Trinajstić information content (AvgIpc) is 2.68. The van der Waals surface area contributed by atoms with Gasteiger partial charge in [0.05, 0.1) is 11.5 Å². The number of hydrogen-bond donors (Lipinski definition) is 1. The van der Waals surface area contributed by atoms with Crippen molar-refractivity contribution in [1.82, 2.24) is 4.90 Å². The van der Waals surface area contributed by atoms with Crippen LogP contribution in [0.25, 0.3) is 6.08 Å². The lowest BCUT2D eigenvalue weighted by atomic mass is 10.2. The summed E-state index contributed by atoms with van der Waals surface area (Å²) in [5.74, 6) is 0.121. The van der Waals surface area contributed by atoms with Gasteiger partial charge in [0.1, 0.15) is 0 Å². The number of imide groups is 1. The standard InChI is InChI=1S/C14H15NO4S/c1-3-15-13(17)12(20-14(15)18)8-9-5-6-10(16)11(7-9)19-4-2/h5-8,16H,3-4H2,1-2H3/b12-8+. The van der Waals surface area contributed by atoms with Crippen molar-refractivity contribution in [2.24, 2.45) is 0 Å². The van der Waals surface area contributed by atoms with E-state index < -0.39 is 0 Å². The number of amides is 2. The van der Waals surface area contributed by atoms with Crippen LogP contribution < -0.4 is 4.74 Å². The number of thioether (sulfide) groups is 1. The fraction of sp³-hybridized carbons (Fsp3) is 0.286. The Balaban J connectivity index is 2.30. The third-order valence-corrected chi connectivity index (χ3v) is 3.68. The Morgan fingerprint density at radius 3 is 2.70 bits per heavy atom. The van der Waals surface area contributed by atoms with Gasteiger partial charge < -0.3 is 9.84 Å². The third kappa shape index (κ3) is 2.80. The summed E-state index contributed by atoms with van der Waals surface area (Å²) in [5, 5.41) is 9.36. The maximum Gasteiger partial charge on any atom is 0.293 e. The molecule has 0 saturated carbocycles. The summed E-state index contributed by atoms with van der Waals surface area (Å²) in [6.07, 6.45) is 1.63. The van der Waals surface area contributed by atoms with Crippen molar-refractivity contribution in [2.75, 3.05) is 13.2 Å². The molecule has 1 aromatic rings. The highest BCUT2D eigenvalue weighted by molar-refractivity contribution is 8.18. The molecule has 0 atom stereocenters. The first-order valence-corrected chi connectivity index (χ1v) is 7.09. The van der Waals surface area contributed by atoms with E-state index in [0.29, 0.717) is 29.4 Å². The van der Waals surface area contributed by atoms with Gasteiger partial charge in [0.2, 0.25) is 0 Å². The van der Waals surface area contributed by atoms with Gasteiger partial charge in [0, 0.05) is 6.54 Å². The zero-order chi connectivity index (χ0) is 14.7. The van der Waals surface area contributed by atoms with Crippen molar-refractivity contribution < 1.29 is 19.4 Å². The number of phenolic OH excluding ortho intramolecular Hbond substituents is 1. The number of ether oxygens (including phenoxy) is 1. The Kier molecular flexibility index (Phi) is 4.34. The number of likely N-dealkylation sites (N-methyl/N-ethyl adjacent to an activating group) is 1. The lowest BCUT2D eigenvalue weighted by Crippen LogP contribution is -2.27. The van der Waals surface area contributed by atoms with E-state index in [4.69, 9.17) is 4.74 Å². The van der Waals surface area contributed by atoms with Crippen LogP contribution in [0, 0.1) is 0 Å². The quantitative estimate of drug-likeness (QED) is 0.865. The van der Waals surface area contributed by atoms with Gasteiger partial charge in [-0.15, -0.1) is 0 Å². The molecule has 1 aromatic carbocycles. The molecule has 1 saturated heterocycles. The number of carbonyl (C=O) groups excluding carboxylic acids is 2. The molecule has 106 valence electrons. The predicted octanol–water partition coefficient (Wildman–Crippen LogP) is 2.85. The molecule has 0 aliphatic carbocycles. The minimum atomic E-state index is -0.284. The second-order valence-electron chi connectivity index (χ2n) is 4.09. The zero-order valence-corrected chi connectivity index (χ0v) is 12.1. The smallest absolute Gasteiger partial charge is 0.293 e. The molecule has 20 heavy (non-hydrogen) atoms. The lowest BCUT2D eigenvalue weighted by molar-refractivity contribution is -0.122. The Morgan fingerprint density at radius 2 is 2.10 bits per heavy atom. The molecule has 6 heteroatoms. The Morgan fingerprint density at radius 1 is 1.35 bits per heavy atom. The molecule has 1 N–H and O–H groups in total. The zero-order valence-electron chi connectivity index (χ0n) is 11.3. The van der Waals surface area contributed by atoms with Crippen molar-refractivity contribution in [1.29, 1.82) is 0 Å². The van der Waals surface area contributed by atoms with E-state index in [1.54, 1.807) is 25.1 Å². The third-order valence-electron chi connectivity index (χ3n) is 2.77. The van der Waals surface area contributed by atoms with Crippen LogP contribution in [0.3, 0.4) is 0 Å². The largest absolute Gasteiger partial charge is 0.504 e. The fourth-order valence-corrected chi connectivity index (χ4v) is 2.72. The second-order valence-corrected chi connectivity index (χ2v) is 5.08. The highest BCUT2D eigenvalue weighted by Gasteiger charge is 2.33. The molecule has 2 rings (SSSR count). The first-order chi connectivity index (χ1) is 9.56. The van der Waals surface area contributed by atoms with Crippen molar-refractivity contribution >= 4 is 29.0 Å². The van der Waals surface area contributed by atoms with Crippen LogP contribution in [-0.4, -0.2) is 34.3 Å². The van der Waals surface area contributed by atoms with Gasteiger partial charge in [-0.1, -0.05) is 6.07 Å². The minimum Gasteiger partial charge on any atom is -0.504 e. The molecule has 1 heterocycles. The van der Waals surface area contributed by atoms with E-state index in [2.05, 4.69) is 0 Å². The first-order valence-electron chi connectivity index (χ1n) is 6.28. The van der Waals surface area contributed by atoms with Crippen molar-refractivity contribution in [3.8, 4) is 11.5 Å². The normalized spacial score (nSPS) is 17.1. The summed E-state index contributed by atoms with van der Waals surface area (Å²) < 4.78 is 5.28. The Hall–Kier alpha value is -1.95. The maximum atomic E-state index is 12.0. The molecule has 0 aromatic heterocycles. The molecule has 0 radical (unpaired) electrons. The summed E-state index contributed by atoms with van der Waals surface area (Å²) in [6.45, 7) is 4.37. The van der Waals surface area contributed by atoms with Crippen LogP contribution >= 0.6 is 11.8 Å². The fourth-order valence-electron chi connectivity index (χ4n) is 1.82. The van der Waals surface area contributed by atoms with E-state index in [0.717, 1.165) is 11.8 Å². The molecule has 1 aliphatic rings. The van der Waals surface area contributed by atoms with Gasteiger partial charge >= 0.3 is 0 Å². The number of hydrogen-bond acceptors (Lipinski definition) is 5. The van der Waals surface area contributed by atoms with E-state index in [-0.39, 0.29) is 16.9 Å². The number of carbonyl (C=O) groups is 2. The molecule has 1 aliphatic heterocycles. The summed E-state index contributed by atoms with van der Waals surface area (Å²) in [4.78, 5) is 25.1. The lowest BCUT2D eigenvalue weighted by Gasteiger charge is -2.07. The van der Waals surface area contributed by atoms with Crippen molar-refractivity contribution in [3.05, 3.63) is 28.7 Å².